The lowest BCUT2D eigenvalue weighted by Crippen LogP contribution is -2.41. The van der Waals surface area contributed by atoms with Gasteiger partial charge in [-0.2, -0.15) is 0 Å². The highest BCUT2D eigenvalue weighted by atomic mass is 35.5. The average Bonchev–Trinajstić information content (AvgIpc) is 2.78. The van der Waals surface area contributed by atoms with Crippen LogP contribution >= 0.6 is 23.8 Å². The first-order valence-electron chi connectivity index (χ1n) is 10.1. The number of morpholine rings is 1. The van der Waals surface area contributed by atoms with E-state index in [4.69, 9.17) is 28.6 Å². The second-order valence-electron chi connectivity index (χ2n) is 7.42. The number of fused-ring (bicyclic) bond motifs is 1. The molecule has 1 aliphatic heterocycles. The zero-order valence-electron chi connectivity index (χ0n) is 16.9. The molecule has 4 rings (SSSR count). The first kappa shape index (κ1) is 21.7. The number of hydrogen-bond donors (Lipinski definition) is 2. The fourth-order valence-electron chi connectivity index (χ4n) is 3.57. The van der Waals surface area contributed by atoms with E-state index in [9.17, 15) is 9.59 Å². The number of benzene rings is 2. The lowest BCUT2D eigenvalue weighted by atomic mass is 10.1. The van der Waals surface area contributed by atoms with Crippen LogP contribution in [0.15, 0.2) is 47.3 Å². The quantitative estimate of drug-likeness (QED) is 0.555. The average molecular weight is 459 g/mol. The minimum Gasteiger partial charge on any atom is -0.379 e. The number of ether oxygens (including phenoxy) is 1. The van der Waals surface area contributed by atoms with Crippen molar-refractivity contribution >= 4 is 40.6 Å². The summed E-state index contributed by atoms with van der Waals surface area (Å²) in [6, 6.07) is 12.3. The van der Waals surface area contributed by atoms with Crippen molar-refractivity contribution in [2.24, 2.45) is 0 Å². The number of H-pyrrole nitrogens is 1. The molecule has 31 heavy (non-hydrogen) atoms. The van der Waals surface area contributed by atoms with Crippen LogP contribution in [0.1, 0.15) is 15.9 Å². The lowest BCUT2D eigenvalue weighted by molar-refractivity contribution is 0.0383. The molecular weight excluding hydrogens is 436 g/mol. The Balaban J connectivity index is 1.50. The highest BCUT2D eigenvalue weighted by Gasteiger charge is 2.13. The molecule has 0 saturated carbocycles. The van der Waals surface area contributed by atoms with Crippen molar-refractivity contribution in [2.45, 2.75) is 6.54 Å². The van der Waals surface area contributed by atoms with E-state index >= 15 is 0 Å². The molecule has 0 spiro atoms. The lowest BCUT2D eigenvalue weighted by Gasteiger charge is -2.26. The molecule has 0 atom stereocenters. The van der Waals surface area contributed by atoms with Crippen molar-refractivity contribution in [3.05, 3.63) is 73.7 Å². The molecule has 1 fully saturated rings. The summed E-state index contributed by atoms with van der Waals surface area (Å²) in [7, 11) is 0. The van der Waals surface area contributed by atoms with E-state index in [1.807, 2.05) is 12.1 Å². The Morgan fingerprint density at radius 1 is 1.16 bits per heavy atom. The summed E-state index contributed by atoms with van der Waals surface area (Å²) in [5.41, 5.74) is 1.74. The van der Waals surface area contributed by atoms with Crippen molar-refractivity contribution in [1.29, 1.82) is 0 Å². The summed E-state index contributed by atoms with van der Waals surface area (Å²) in [5, 5.41) is 4.05. The molecule has 162 valence electrons. The Hall–Kier alpha value is -2.52. The van der Waals surface area contributed by atoms with Crippen LogP contribution in [0.4, 0.5) is 0 Å². The molecule has 1 aliphatic rings. The molecule has 9 heteroatoms. The Kier molecular flexibility index (Phi) is 6.82. The van der Waals surface area contributed by atoms with Crippen LogP contribution in [0.25, 0.3) is 10.9 Å². The van der Waals surface area contributed by atoms with Gasteiger partial charge in [-0.05, 0) is 48.1 Å². The Morgan fingerprint density at radius 2 is 1.90 bits per heavy atom. The van der Waals surface area contributed by atoms with E-state index in [1.165, 1.54) is 4.57 Å². The van der Waals surface area contributed by atoms with Crippen LogP contribution < -0.4 is 10.9 Å². The van der Waals surface area contributed by atoms with Crippen LogP contribution in [0.2, 0.25) is 5.02 Å². The Morgan fingerprint density at radius 3 is 2.65 bits per heavy atom. The van der Waals surface area contributed by atoms with E-state index in [-0.39, 0.29) is 11.5 Å². The van der Waals surface area contributed by atoms with Crippen LogP contribution in [0, 0.1) is 4.77 Å². The number of aromatic nitrogens is 2. The summed E-state index contributed by atoms with van der Waals surface area (Å²) in [5.74, 6) is -0.181. The van der Waals surface area contributed by atoms with Crippen molar-refractivity contribution in [3.8, 4) is 0 Å². The fraction of sp³-hybridized carbons (Fsp3) is 0.318. The van der Waals surface area contributed by atoms with E-state index < -0.39 is 0 Å². The normalized spacial score (nSPS) is 14.6. The molecule has 1 saturated heterocycles. The van der Waals surface area contributed by atoms with Crippen LogP contribution in [0.5, 0.6) is 0 Å². The molecule has 1 amide bonds. The van der Waals surface area contributed by atoms with Gasteiger partial charge in [0.15, 0.2) is 4.77 Å². The van der Waals surface area contributed by atoms with Gasteiger partial charge in [0, 0.05) is 36.8 Å². The number of carbonyl (C=O) groups excluding carboxylic acids is 1. The highest BCUT2D eigenvalue weighted by molar-refractivity contribution is 7.71. The van der Waals surface area contributed by atoms with Crippen LogP contribution in [0.3, 0.4) is 0 Å². The molecule has 0 aliphatic carbocycles. The minimum absolute atomic E-state index is 0.181. The van der Waals surface area contributed by atoms with Crippen molar-refractivity contribution in [1.82, 2.24) is 19.8 Å². The van der Waals surface area contributed by atoms with Gasteiger partial charge < -0.3 is 15.0 Å². The van der Waals surface area contributed by atoms with Gasteiger partial charge in [0.2, 0.25) is 0 Å². The fourth-order valence-corrected chi connectivity index (χ4v) is 3.95. The molecule has 0 unspecified atom stereocenters. The molecular formula is C22H23ClN4O3S. The first-order chi connectivity index (χ1) is 15.0. The number of amides is 1. The van der Waals surface area contributed by atoms with Gasteiger partial charge in [0.25, 0.3) is 11.5 Å². The molecule has 3 aromatic rings. The molecule has 0 bridgehead atoms. The maximum atomic E-state index is 13.0. The van der Waals surface area contributed by atoms with Crippen LogP contribution in [-0.4, -0.2) is 59.8 Å². The second kappa shape index (κ2) is 9.74. The summed E-state index contributed by atoms with van der Waals surface area (Å²) in [6.07, 6.45) is 0. The van der Waals surface area contributed by atoms with E-state index in [0.29, 0.717) is 39.3 Å². The van der Waals surface area contributed by atoms with Crippen LogP contribution in [-0.2, 0) is 11.3 Å². The molecule has 7 nitrogen and oxygen atoms in total. The Bertz CT molecular complexity index is 1200. The SMILES string of the molecule is O=C(NCCN1CCOCC1)c1ccc2c(=O)n(Cc3ccc(Cl)cc3)c(=S)[nH]c2c1. The predicted molar refractivity (Wildman–Crippen MR) is 124 cm³/mol. The number of aromatic amines is 1. The molecule has 2 aromatic carbocycles. The number of carbonyl (C=O) groups is 1. The third kappa shape index (κ3) is 5.22. The zero-order chi connectivity index (χ0) is 21.8. The largest absolute Gasteiger partial charge is 0.379 e. The molecule has 2 heterocycles. The van der Waals surface area contributed by atoms with Gasteiger partial charge in [-0.25, -0.2) is 0 Å². The van der Waals surface area contributed by atoms with Gasteiger partial charge in [0.05, 0.1) is 30.7 Å². The number of nitrogens with zero attached hydrogens (tertiary/aromatic N) is 2. The van der Waals surface area contributed by atoms with Gasteiger partial charge in [0.1, 0.15) is 0 Å². The predicted octanol–water partition coefficient (Wildman–Crippen LogP) is 2.82. The summed E-state index contributed by atoms with van der Waals surface area (Å²) in [4.78, 5) is 30.9. The first-order valence-corrected chi connectivity index (χ1v) is 10.9. The van der Waals surface area contributed by atoms with E-state index in [1.54, 1.807) is 30.3 Å². The Labute approximate surface area is 189 Å². The zero-order valence-corrected chi connectivity index (χ0v) is 18.5. The van der Waals surface area contributed by atoms with Gasteiger partial charge in [-0.15, -0.1) is 0 Å². The maximum Gasteiger partial charge on any atom is 0.262 e. The summed E-state index contributed by atoms with van der Waals surface area (Å²) >= 11 is 11.3. The minimum atomic E-state index is -0.201. The topological polar surface area (TPSA) is 79.4 Å². The van der Waals surface area contributed by atoms with Crippen molar-refractivity contribution in [3.63, 3.8) is 0 Å². The molecule has 1 aromatic heterocycles. The summed E-state index contributed by atoms with van der Waals surface area (Å²) < 4.78 is 7.14. The number of rotatable bonds is 6. The van der Waals surface area contributed by atoms with Crippen molar-refractivity contribution in [2.75, 3.05) is 39.4 Å². The van der Waals surface area contributed by atoms with Gasteiger partial charge in [-0.1, -0.05) is 23.7 Å². The third-order valence-electron chi connectivity index (χ3n) is 5.32. The van der Waals surface area contributed by atoms with E-state index in [2.05, 4.69) is 15.2 Å². The highest BCUT2D eigenvalue weighted by Crippen LogP contribution is 2.13. The maximum absolute atomic E-state index is 13.0. The third-order valence-corrected chi connectivity index (χ3v) is 5.89. The second-order valence-corrected chi connectivity index (χ2v) is 8.24. The monoisotopic (exact) mass is 458 g/mol. The summed E-state index contributed by atoms with van der Waals surface area (Å²) in [6.45, 7) is 4.89. The number of nitrogens with one attached hydrogen (secondary N) is 2. The molecule has 0 radical (unpaired) electrons. The number of hydrogen-bond acceptors (Lipinski definition) is 5. The van der Waals surface area contributed by atoms with E-state index in [0.717, 1.165) is 38.4 Å². The number of halogens is 1. The van der Waals surface area contributed by atoms with Crippen molar-refractivity contribution < 1.29 is 9.53 Å². The van der Waals surface area contributed by atoms with Gasteiger partial charge in [-0.3, -0.25) is 19.1 Å². The van der Waals surface area contributed by atoms with Gasteiger partial charge >= 0.3 is 0 Å². The standard InChI is InChI=1S/C22H23ClN4O3S/c23-17-4-1-15(2-5-17)14-27-21(29)18-6-3-16(13-19(18)25-22(27)31)20(28)24-7-8-26-9-11-30-12-10-26/h1-6,13H,7-12,14H2,(H,24,28)(H,25,31). The molecule has 2 N–H and O–H groups in total. The smallest absolute Gasteiger partial charge is 0.262 e.